The molecule has 0 saturated carbocycles. The summed E-state index contributed by atoms with van der Waals surface area (Å²) in [5.74, 6) is -1.15. The zero-order valence-electron chi connectivity index (χ0n) is 8.73. The van der Waals surface area contributed by atoms with E-state index in [0.717, 1.165) is 0 Å². The first-order valence-electron chi connectivity index (χ1n) is 4.50. The summed E-state index contributed by atoms with van der Waals surface area (Å²) in [4.78, 5) is 10.3. The molecule has 5 N–H and O–H groups in total. The number of rotatable bonds is 7. The highest BCUT2D eigenvalue weighted by Gasteiger charge is 2.14. The maximum absolute atomic E-state index is 11.2. The minimum absolute atomic E-state index is 0.00444. The van der Waals surface area contributed by atoms with Gasteiger partial charge in [-0.3, -0.25) is 4.79 Å². The van der Waals surface area contributed by atoms with Crippen LogP contribution in [-0.4, -0.2) is 38.1 Å². The number of hydrogen-bond acceptors (Lipinski definition) is 4. The van der Waals surface area contributed by atoms with Gasteiger partial charge in [-0.1, -0.05) is 0 Å². The van der Waals surface area contributed by atoms with E-state index in [1.165, 1.54) is 0 Å². The van der Waals surface area contributed by atoms with Crippen molar-refractivity contribution in [3.63, 3.8) is 0 Å². The summed E-state index contributed by atoms with van der Waals surface area (Å²) in [6.07, 6.45) is 0.0499. The Morgan fingerprint density at radius 2 is 2.00 bits per heavy atom. The van der Waals surface area contributed by atoms with Crippen molar-refractivity contribution in [2.45, 2.75) is 32.4 Å². The number of nitrogens with two attached hydrogens (primary N) is 1. The highest BCUT2D eigenvalue weighted by Crippen LogP contribution is 1.88. The molecule has 8 heteroatoms. The van der Waals surface area contributed by atoms with Gasteiger partial charge >= 0.3 is 5.97 Å². The maximum Gasteiger partial charge on any atom is 0.320 e. The molecule has 0 fully saturated rings. The molecule has 0 amide bonds. The normalized spacial score (nSPS) is 14.1. The summed E-state index contributed by atoms with van der Waals surface area (Å²) < 4.78 is 26.9. The molecule has 90 valence electrons. The van der Waals surface area contributed by atoms with Gasteiger partial charge in [0.1, 0.15) is 6.04 Å². The van der Waals surface area contributed by atoms with Crippen molar-refractivity contribution in [2.24, 2.45) is 5.73 Å². The van der Waals surface area contributed by atoms with Crippen molar-refractivity contribution >= 4 is 16.2 Å². The van der Waals surface area contributed by atoms with Gasteiger partial charge in [-0.25, -0.2) is 4.72 Å². The first-order valence-corrected chi connectivity index (χ1v) is 5.98. The van der Waals surface area contributed by atoms with Crippen LogP contribution in [0.5, 0.6) is 0 Å². The van der Waals surface area contributed by atoms with Gasteiger partial charge in [-0.15, -0.1) is 0 Å². The van der Waals surface area contributed by atoms with Crippen LogP contribution in [0.25, 0.3) is 0 Å². The molecule has 0 saturated heterocycles. The first kappa shape index (κ1) is 14.3. The molecule has 0 aliphatic carbocycles. The van der Waals surface area contributed by atoms with Crippen LogP contribution in [0, 0.1) is 0 Å². The van der Waals surface area contributed by atoms with Crippen LogP contribution in [-0.2, 0) is 15.0 Å². The molecule has 0 heterocycles. The van der Waals surface area contributed by atoms with E-state index in [4.69, 9.17) is 10.8 Å². The Bertz CT molecular complexity index is 301. The average Bonchev–Trinajstić information content (AvgIpc) is 2.00. The molecule has 0 rings (SSSR count). The fraction of sp³-hybridized carbons (Fsp3) is 0.857. The predicted octanol–water partition coefficient (Wildman–Crippen LogP) is -1.38. The molecule has 15 heavy (non-hydrogen) atoms. The van der Waals surface area contributed by atoms with Crippen molar-refractivity contribution < 1.29 is 18.3 Å². The molecule has 0 aromatic rings. The van der Waals surface area contributed by atoms with Gasteiger partial charge in [-0.2, -0.15) is 13.1 Å². The number of carboxylic acid groups (broad SMARTS) is 1. The van der Waals surface area contributed by atoms with Gasteiger partial charge in [0.05, 0.1) is 0 Å². The van der Waals surface area contributed by atoms with Gasteiger partial charge in [-0.05, 0) is 20.3 Å². The SMILES string of the molecule is CC(C)NS(=O)(=O)NCC[C@H](N)C(=O)O. The highest BCUT2D eigenvalue weighted by atomic mass is 32.2. The second-order valence-corrected chi connectivity index (χ2v) is 4.93. The van der Waals surface area contributed by atoms with Crippen molar-refractivity contribution in [1.29, 1.82) is 0 Å². The molecule has 0 unspecified atom stereocenters. The third-order valence-corrected chi connectivity index (χ3v) is 2.82. The highest BCUT2D eigenvalue weighted by molar-refractivity contribution is 7.87. The second kappa shape index (κ2) is 6.01. The Morgan fingerprint density at radius 1 is 1.47 bits per heavy atom. The lowest BCUT2D eigenvalue weighted by Gasteiger charge is -2.11. The van der Waals surface area contributed by atoms with E-state index in [1.54, 1.807) is 13.8 Å². The van der Waals surface area contributed by atoms with Crippen LogP contribution in [0.1, 0.15) is 20.3 Å². The summed E-state index contributed by atoms with van der Waals surface area (Å²) in [7, 11) is -3.55. The molecule has 7 nitrogen and oxygen atoms in total. The van der Waals surface area contributed by atoms with Gasteiger partial charge in [0.25, 0.3) is 10.2 Å². The zero-order chi connectivity index (χ0) is 12.1. The Hall–Kier alpha value is -0.700. The third kappa shape index (κ3) is 7.25. The maximum atomic E-state index is 11.2. The smallest absolute Gasteiger partial charge is 0.320 e. The Labute approximate surface area is 89.2 Å². The number of hydrogen-bond donors (Lipinski definition) is 4. The van der Waals surface area contributed by atoms with Crippen LogP contribution in [0.2, 0.25) is 0 Å². The Morgan fingerprint density at radius 3 is 2.40 bits per heavy atom. The average molecular weight is 239 g/mol. The first-order chi connectivity index (χ1) is 6.74. The zero-order valence-corrected chi connectivity index (χ0v) is 9.54. The lowest BCUT2D eigenvalue weighted by Crippen LogP contribution is -2.42. The Kier molecular flexibility index (Phi) is 5.73. The van der Waals surface area contributed by atoms with Gasteiger partial charge in [0.2, 0.25) is 0 Å². The molecule has 0 aromatic carbocycles. The monoisotopic (exact) mass is 239 g/mol. The molecule has 0 spiro atoms. The van der Waals surface area contributed by atoms with E-state index in [1.807, 2.05) is 0 Å². The molecule has 0 aromatic heterocycles. The van der Waals surface area contributed by atoms with Crippen LogP contribution in [0.3, 0.4) is 0 Å². The number of carbonyl (C=O) groups is 1. The summed E-state index contributed by atoms with van der Waals surface area (Å²) in [6.45, 7) is 3.36. The predicted molar refractivity (Wildman–Crippen MR) is 55.4 cm³/mol. The van der Waals surface area contributed by atoms with Gasteiger partial charge in [0, 0.05) is 12.6 Å². The lowest BCUT2D eigenvalue weighted by molar-refractivity contribution is -0.138. The fourth-order valence-electron chi connectivity index (χ4n) is 0.824. The van der Waals surface area contributed by atoms with E-state index in [9.17, 15) is 13.2 Å². The summed E-state index contributed by atoms with van der Waals surface area (Å²) in [5, 5.41) is 8.44. The molecular weight excluding hydrogens is 222 g/mol. The van der Waals surface area contributed by atoms with E-state index >= 15 is 0 Å². The molecule has 0 aliphatic rings. The van der Waals surface area contributed by atoms with E-state index in [2.05, 4.69) is 9.44 Å². The van der Waals surface area contributed by atoms with Crippen LogP contribution in [0.15, 0.2) is 0 Å². The summed E-state index contributed by atoms with van der Waals surface area (Å²) in [5.41, 5.74) is 5.19. The standard InChI is InChI=1S/C7H17N3O4S/c1-5(2)10-15(13,14)9-4-3-6(8)7(11)12/h5-6,9-10H,3-4,8H2,1-2H3,(H,11,12)/t6-/m0/s1. The van der Waals surface area contributed by atoms with Crippen LogP contribution in [0.4, 0.5) is 0 Å². The number of carboxylic acids is 1. The van der Waals surface area contributed by atoms with Crippen molar-refractivity contribution in [3.8, 4) is 0 Å². The molecular formula is C7H17N3O4S. The quantitative estimate of drug-likeness (QED) is 0.436. The van der Waals surface area contributed by atoms with E-state index in [0.29, 0.717) is 0 Å². The topological polar surface area (TPSA) is 122 Å². The largest absolute Gasteiger partial charge is 0.480 e. The number of aliphatic carboxylic acids is 1. The lowest BCUT2D eigenvalue weighted by atomic mass is 10.2. The Balaban J connectivity index is 3.91. The van der Waals surface area contributed by atoms with Crippen molar-refractivity contribution in [2.75, 3.05) is 6.54 Å². The molecule has 1 atom stereocenters. The second-order valence-electron chi connectivity index (χ2n) is 3.40. The fourth-order valence-corrected chi connectivity index (χ4v) is 1.91. The van der Waals surface area contributed by atoms with Crippen LogP contribution < -0.4 is 15.2 Å². The summed E-state index contributed by atoms with van der Waals surface area (Å²) in [6, 6.07) is -1.26. The van der Waals surface area contributed by atoms with Gasteiger partial charge < -0.3 is 10.8 Å². The van der Waals surface area contributed by atoms with Crippen molar-refractivity contribution in [1.82, 2.24) is 9.44 Å². The third-order valence-electron chi connectivity index (χ3n) is 1.46. The minimum atomic E-state index is -3.55. The summed E-state index contributed by atoms with van der Waals surface area (Å²) >= 11 is 0. The molecule has 0 radical (unpaired) electrons. The number of nitrogens with one attached hydrogen (secondary N) is 2. The van der Waals surface area contributed by atoms with Gasteiger partial charge in [0.15, 0.2) is 0 Å². The van der Waals surface area contributed by atoms with E-state index in [-0.39, 0.29) is 19.0 Å². The molecule has 0 bridgehead atoms. The van der Waals surface area contributed by atoms with E-state index < -0.39 is 22.2 Å². The molecule has 0 aliphatic heterocycles. The minimum Gasteiger partial charge on any atom is -0.480 e. The van der Waals surface area contributed by atoms with Crippen molar-refractivity contribution in [3.05, 3.63) is 0 Å². The van der Waals surface area contributed by atoms with Crippen LogP contribution >= 0.6 is 0 Å².